The second kappa shape index (κ2) is 17.7. The smallest absolute Gasteiger partial charge is 0.243 e. The van der Waals surface area contributed by atoms with Crippen LogP contribution in [0.3, 0.4) is 0 Å². The third-order valence-electron chi connectivity index (χ3n) is 6.93. The van der Waals surface area contributed by atoms with Crippen LogP contribution in [-0.4, -0.2) is 95.7 Å². The first kappa shape index (κ1) is 35.0. The van der Waals surface area contributed by atoms with E-state index in [4.69, 9.17) is 14.2 Å². The Labute approximate surface area is 262 Å². The molecular formula is C31H40ClN3O9. The molecule has 2 amide bonds. The van der Waals surface area contributed by atoms with Crippen LogP contribution in [-0.2, 0) is 14.3 Å². The predicted octanol–water partition coefficient (Wildman–Crippen LogP) is 1.11. The minimum atomic E-state index is -1.61. The van der Waals surface area contributed by atoms with E-state index >= 15 is 0 Å². The van der Waals surface area contributed by atoms with Gasteiger partial charge in [-0.15, -0.1) is 12.4 Å². The van der Waals surface area contributed by atoms with E-state index in [0.29, 0.717) is 24.4 Å². The highest BCUT2D eigenvalue weighted by Gasteiger charge is 2.45. The molecule has 3 heterocycles. The van der Waals surface area contributed by atoms with Crippen molar-refractivity contribution in [3.63, 3.8) is 0 Å². The van der Waals surface area contributed by atoms with Crippen LogP contribution < -0.4 is 25.4 Å². The monoisotopic (exact) mass is 633 g/mol. The number of fused-ring (bicyclic) bond motifs is 15. The molecule has 0 unspecified atom stereocenters. The molecule has 44 heavy (non-hydrogen) atoms. The van der Waals surface area contributed by atoms with Gasteiger partial charge < -0.3 is 50.6 Å². The van der Waals surface area contributed by atoms with Gasteiger partial charge in [0.2, 0.25) is 18.1 Å². The van der Waals surface area contributed by atoms with Gasteiger partial charge in [0.25, 0.3) is 0 Å². The molecule has 0 spiro atoms. The van der Waals surface area contributed by atoms with Gasteiger partial charge >= 0.3 is 0 Å². The molecule has 1 fully saturated rings. The van der Waals surface area contributed by atoms with Gasteiger partial charge in [0.05, 0.1) is 6.61 Å². The van der Waals surface area contributed by atoms with Crippen LogP contribution in [0.5, 0.6) is 17.2 Å². The van der Waals surface area contributed by atoms with Crippen LogP contribution in [0.2, 0.25) is 0 Å². The molecule has 7 N–H and O–H groups in total. The van der Waals surface area contributed by atoms with Gasteiger partial charge in [0, 0.05) is 25.2 Å². The van der Waals surface area contributed by atoms with Gasteiger partial charge in [0.15, 0.2) is 11.5 Å². The second-order valence-electron chi connectivity index (χ2n) is 10.3. The number of carbonyl (C=O) groups excluding carboxylic acids is 2. The standard InChI is InChI=1S/C31H39N3O9.ClH/c35-19-25-28(38)29(39)30(40)31(43-25)42-23-11-6-21-8-13-27(37)33-16-2-1-14-32-15-3-17-34-26(36)12-7-20-4-9-22(10-5-20)41-24(23)18-21;/h4-13,18,25,28-32,35,38-40H,1-3,14-17,19H2,(H,33,37)(H,34,36);1H/b12-7+,13-8?;/t25-,28-,29+,30-,31-;/m1./s1. The van der Waals surface area contributed by atoms with Crippen molar-refractivity contribution in [1.29, 1.82) is 0 Å². The number of nitrogens with one attached hydrogen (secondary N) is 3. The molecule has 12 nitrogen and oxygen atoms in total. The van der Waals surface area contributed by atoms with Crippen LogP contribution in [0.4, 0.5) is 0 Å². The quantitative estimate of drug-likeness (QED) is 0.259. The SMILES string of the molecule is Cl.O=C1C=Cc2ccc(O[C@@H]3O[C@H](CO)[C@@H](O)[C@H](O)[C@H]3O)c(c2)Oc2ccc(cc2)/C=C/C(=O)NCCCNCCCCN1. The molecule has 240 valence electrons. The van der Waals surface area contributed by atoms with Crippen LogP contribution in [0.15, 0.2) is 54.6 Å². The number of hydrogen-bond acceptors (Lipinski definition) is 10. The number of rotatable bonds is 3. The first-order valence-electron chi connectivity index (χ1n) is 14.4. The molecule has 2 aromatic rings. The number of carbonyl (C=O) groups is 2. The van der Waals surface area contributed by atoms with Crippen molar-refractivity contribution in [3.8, 4) is 17.2 Å². The second-order valence-corrected chi connectivity index (χ2v) is 10.3. The van der Waals surface area contributed by atoms with E-state index in [0.717, 1.165) is 37.9 Å². The molecule has 13 heteroatoms. The van der Waals surface area contributed by atoms with Gasteiger partial charge in [-0.3, -0.25) is 9.59 Å². The van der Waals surface area contributed by atoms with Crippen molar-refractivity contribution in [1.82, 2.24) is 16.0 Å². The van der Waals surface area contributed by atoms with Crippen LogP contribution in [0, 0.1) is 0 Å². The highest BCUT2D eigenvalue weighted by molar-refractivity contribution is 5.92. The van der Waals surface area contributed by atoms with Crippen molar-refractivity contribution in [2.75, 3.05) is 32.8 Å². The third kappa shape index (κ3) is 10.3. The van der Waals surface area contributed by atoms with Crippen molar-refractivity contribution in [3.05, 3.63) is 65.7 Å². The van der Waals surface area contributed by atoms with Gasteiger partial charge in [-0.1, -0.05) is 18.2 Å². The Balaban J connectivity index is 0.00000529. The van der Waals surface area contributed by atoms with Crippen molar-refractivity contribution >= 4 is 36.4 Å². The van der Waals surface area contributed by atoms with Gasteiger partial charge in [-0.25, -0.2) is 0 Å². The van der Waals surface area contributed by atoms with E-state index in [1.165, 1.54) is 12.2 Å². The predicted molar refractivity (Wildman–Crippen MR) is 165 cm³/mol. The lowest BCUT2D eigenvalue weighted by Gasteiger charge is -2.39. The molecule has 2 aromatic carbocycles. The van der Waals surface area contributed by atoms with E-state index in [2.05, 4.69) is 16.0 Å². The number of hydrogen-bond donors (Lipinski definition) is 7. The Hall–Kier alpha value is -3.49. The van der Waals surface area contributed by atoms with E-state index in [1.807, 2.05) is 0 Å². The summed E-state index contributed by atoms with van der Waals surface area (Å²) in [5, 5.41) is 49.3. The number of amides is 2. The maximum absolute atomic E-state index is 12.4. The number of aliphatic hydroxyl groups is 4. The first-order valence-corrected chi connectivity index (χ1v) is 14.4. The zero-order chi connectivity index (χ0) is 30.6. The Morgan fingerprint density at radius 3 is 2.07 bits per heavy atom. The average molecular weight is 634 g/mol. The Morgan fingerprint density at radius 2 is 1.36 bits per heavy atom. The zero-order valence-corrected chi connectivity index (χ0v) is 24.9. The molecule has 5 atom stereocenters. The molecule has 1 saturated heterocycles. The van der Waals surface area contributed by atoms with E-state index in [1.54, 1.807) is 54.6 Å². The molecule has 3 aliphatic heterocycles. The fourth-order valence-corrected chi connectivity index (χ4v) is 4.47. The lowest BCUT2D eigenvalue weighted by molar-refractivity contribution is -0.277. The summed E-state index contributed by atoms with van der Waals surface area (Å²) in [5.41, 5.74) is 1.40. The van der Waals surface area contributed by atoms with Gasteiger partial charge in [-0.2, -0.15) is 0 Å². The van der Waals surface area contributed by atoms with Gasteiger partial charge in [0.1, 0.15) is 30.2 Å². The van der Waals surface area contributed by atoms with Crippen LogP contribution >= 0.6 is 12.4 Å². The molecule has 3 aliphatic rings. The average Bonchev–Trinajstić information content (AvgIpc) is 3.01. The maximum Gasteiger partial charge on any atom is 0.243 e. The molecule has 5 rings (SSSR count). The molecule has 0 aromatic heterocycles. The molecule has 4 bridgehead atoms. The lowest BCUT2D eigenvalue weighted by Crippen LogP contribution is -2.60. The number of aliphatic hydroxyl groups excluding tert-OH is 4. The largest absolute Gasteiger partial charge is 0.458 e. The third-order valence-corrected chi connectivity index (χ3v) is 6.93. The molecular weight excluding hydrogens is 594 g/mol. The summed E-state index contributed by atoms with van der Waals surface area (Å²) in [6, 6.07) is 11.8. The van der Waals surface area contributed by atoms with Crippen LogP contribution in [0.1, 0.15) is 30.4 Å². The fraction of sp³-hybridized carbons (Fsp3) is 0.419. The Bertz CT molecular complexity index is 1270. The first-order chi connectivity index (χ1) is 20.8. The topological polar surface area (TPSA) is 179 Å². The molecule has 0 aliphatic carbocycles. The van der Waals surface area contributed by atoms with E-state index in [9.17, 15) is 30.0 Å². The summed E-state index contributed by atoms with van der Waals surface area (Å²) in [7, 11) is 0. The summed E-state index contributed by atoms with van der Waals surface area (Å²) in [6.07, 6.45) is 1.42. The minimum Gasteiger partial charge on any atom is -0.458 e. The van der Waals surface area contributed by atoms with Gasteiger partial charge in [-0.05, 0) is 79.9 Å². The van der Waals surface area contributed by atoms with E-state index < -0.39 is 37.3 Å². The summed E-state index contributed by atoms with van der Waals surface area (Å²) >= 11 is 0. The number of benzene rings is 2. The highest BCUT2D eigenvalue weighted by Crippen LogP contribution is 2.35. The van der Waals surface area contributed by atoms with Crippen molar-refractivity contribution in [2.24, 2.45) is 0 Å². The fourth-order valence-electron chi connectivity index (χ4n) is 4.47. The maximum atomic E-state index is 12.4. The summed E-state index contributed by atoms with van der Waals surface area (Å²) in [4.78, 5) is 24.5. The summed E-state index contributed by atoms with van der Waals surface area (Å²) < 4.78 is 17.5. The lowest BCUT2D eigenvalue weighted by atomic mass is 9.99. The Morgan fingerprint density at radius 1 is 0.750 bits per heavy atom. The van der Waals surface area contributed by atoms with Crippen molar-refractivity contribution < 1.29 is 44.2 Å². The van der Waals surface area contributed by atoms with Crippen molar-refractivity contribution in [2.45, 2.75) is 50.0 Å². The normalized spacial score (nSPS) is 26.2. The zero-order valence-electron chi connectivity index (χ0n) is 24.1. The minimum absolute atomic E-state index is 0. The highest BCUT2D eigenvalue weighted by atomic mass is 35.5. The van der Waals surface area contributed by atoms with E-state index in [-0.39, 0.29) is 35.7 Å². The van der Waals surface area contributed by atoms with Crippen LogP contribution in [0.25, 0.3) is 12.2 Å². The number of halogens is 1. The summed E-state index contributed by atoms with van der Waals surface area (Å²) in [5.74, 6) is 0.350. The number of ether oxygens (including phenoxy) is 3. The summed E-state index contributed by atoms with van der Waals surface area (Å²) in [6.45, 7) is 2.09. The molecule has 0 saturated carbocycles. The molecule has 0 radical (unpaired) electrons. The Kier molecular flexibility index (Phi) is 14.1.